The van der Waals surface area contributed by atoms with Crippen molar-refractivity contribution in [3.05, 3.63) is 23.2 Å². The van der Waals surface area contributed by atoms with Gasteiger partial charge in [-0.25, -0.2) is 0 Å². The van der Waals surface area contributed by atoms with Crippen molar-refractivity contribution in [2.24, 2.45) is 0 Å². The lowest BCUT2D eigenvalue weighted by Gasteiger charge is -2.03. The van der Waals surface area contributed by atoms with E-state index in [9.17, 15) is 5.11 Å². The number of anilines is 2. The molecule has 0 unspecified atom stereocenters. The Morgan fingerprint density at radius 2 is 1.69 bits per heavy atom. The van der Waals surface area contributed by atoms with Crippen molar-refractivity contribution in [1.29, 1.82) is 0 Å². The van der Waals surface area contributed by atoms with E-state index >= 15 is 0 Å². The highest BCUT2D eigenvalue weighted by Gasteiger charge is 2.07. The number of phenolic OH excluding ortho intramolecular Hbond substituents is 1. The summed E-state index contributed by atoms with van der Waals surface area (Å²) in [5.74, 6) is 0.366. The maximum Gasteiger partial charge on any atom is 0.225 e. The second-order valence-electron chi connectivity index (χ2n) is 3.04. The molecule has 2 aromatic rings. The van der Waals surface area contributed by atoms with E-state index < -0.39 is 0 Å². The molecular weight excluding hydrogens is 230 g/mol. The topological polar surface area (TPSA) is 111 Å². The lowest BCUT2D eigenvalue weighted by molar-refractivity contribution is 0.475. The van der Waals surface area contributed by atoms with Crippen LogP contribution in [0.1, 0.15) is 0 Å². The molecule has 7 heteroatoms. The van der Waals surface area contributed by atoms with E-state index in [2.05, 4.69) is 15.0 Å². The molecule has 0 spiro atoms. The fourth-order valence-electron chi connectivity index (χ4n) is 1.18. The first kappa shape index (κ1) is 10.4. The molecule has 1 aromatic heterocycles. The third kappa shape index (κ3) is 1.96. The molecule has 0 atom stereocenters. The minimum Gasteiger partial charge on any atom is -0.506 e. The molecule has 0 bridgehead atoms. The van der Waals surface area contributed by atoms with Crippen LogP contribution in [0.4, 0.5) is 11.9 Å². The van der Waals surface area contributed by atoms with Crippen LogP contribution in [0.15, 0.2) is 18.2 Å². The number of hydrogen-bond acceptors (Lipinski definition) is 6. The number of nitrogens with two attached hydrogens (primary N) is 2. The van der Waals surface area contributed by atoms with Crippen LogP contribution < -0.4 is 11.5 Å². The Hall–Kier alpha value is -2.08. The molecule has 1 aromatic carbocycles. The number of aromatic hydroxyl groups is 1. The molecule has 82 valence electrons. The molecule has 0 amide bonds. The average Bonchev–Trinajstić information content (AvgIpc) is 2.20. The normalized spacial score (nSPS) is 10.3. The highest BCUT2D eigenvalue weighted by Crippen LogP contribution is 2.27. The molecule has 5 N–H and O–H groups in total. The van der Waals surface area contributed by atoms with Gasteiger partial charge < -0.3 is 16.6 Å². The van der Waals surface area contributed by atoms with E-state index in [4.69, 9.17) is 23.1 Å². The standard InChI is InChI=1S/C9H8ClN5O/c10-5-3-4(1-2-6(5)16)7-13-8(11)15-9(12)14-7/h1-3,16H,(H4,11,12,13,14,15). The van der Waals surface area contributed by atoms with Gasteiger partial charge in [0.1, 0.15) is 5.75 Å². The summed E-state index contributed by atoms with van der Waals surface area (Å²) >= 11 is 5.76. The predicted octanol–water partition coefficient (Wildman–Crippen LogP) is 1.06. The summed E-state index contributed by atoms with van der Waals surface area (Å²) in [6.45, 7) is 0. The summed E-state index contributed by atoms with van der Waals surface area (Å²) in [5.41, 5.74) is 11.5. The average molecular weight is 238 g/mol. The lowest BCUT2D eigenvalue weighted by Crippen LogP contribution is -2.04. The summed E-state index contributed by atoms with van der Waals surface area (Å²) in [6.07, 6.45) is 0. The maximum atomic E-state index is 9.27. The van der Waals surface area contributed by atoms with Crippen LogP contribution in [0, 0.1) is 0 Å². The van der Waals surface area contributed by atoms with Crippen LogP contribution in [0.3, 0.4) is 0 Å². The van der Waals surface area contributed by atoms with Crippen molar-refractivity contribution in [3.63, 3.8) is 0 Å². The first-order valence-corrected chi connectivity index (χ1v) is 4.70. The number of rotatable bonds is 1. The summed E-state index contributed by atoms with van der Waals surface area (Å²) in [6, 6.07) is 4.56. The predicted molar refractivity (Wildman–Crippen MR) is 60.8 cm³/mol. The molecule has 16 heavy (non-hydrogen) atoms. The molecule has 6 nitrogen and oxygen atoms in total. The van der Waals surface area contributed by atoms with E-state index in [0.717, 1.165) is 0 Å². The Morgan fingerprint density at radius 1 is 1.06 bits per heavy atom. The Bertz CT molecular complexity index is 525. The van der Waals surface area contributed by atoms with Crippen LogP contribution in [-0.4, -0.2) is 20.1 Å². The SMILES string of the molecule is Nc1nc(N)nc(-c2ccc(O)c(Cl)c2)n1. The summed E-state index contributed by atoms with van der Waals surface area (Å²) in [4.78, 5) is 11.5. The minimum atomic E-state index is -0.0135. The number of hydrogen-bond donors (Lipinski definition) is 3. The van der Waals surface area contributed by atoms with E-state index in [1.165, 1.54) is 12.1 Å². The van der Waals surface area contributed by atoms with Crippen LogP contribution in [0.2, 0.25) is 5.02 Å². The molecule has 0 aliphatic heterocycles. The molecule has 1 heterocycles. The van der Waals surface area contributed by atoms with Crippen molar-refractivity contribution < 1.29 is 5.11 Å². The molecular formula is C9H8ClN5O. The Balaban J connectivity index is 2.54. The monoisotopic (exact) mass is 237 g/mol. The van der Waals surface area contributed by atoms with Gasteiger partial charge in [0.05, 0.1) is 5.02 Å². The van der Waals surface area contributed by atoms with Crippen LogP contribution in [0.25, 0.3) is 11.4 Å². The molecule has 2 rings (SSSR count). The van der Waals surface area contributed by atoms with Gasteiger partial charge in [0.2, 0.25) is 11.9 Å². The third-order valence-corrected chi connectivity index (χ3v) is 2.18. The van der Waals surface area contributed by atoms with Gasteiger partial charge in [0, 0.05) is 5.56 Å². The molecule has 0 aliphatic carbocycles. The van der Waals surface area contributed by atoms with E-state index in [1.807, 2.05) is 0 Å². The number of nitrogen functional groups attached to an aromatic ring is 2. The zero-order valence-corrected chi connectivity index (χ0v) is 8.81. The second-order valence-corrected chi connectivity index (χ2v) is 3.45. The van der Waals surface area contributed by atoms with Gasteiger partial charge in [-0.1, -0.05) is 11.6 Å². The minimum absolute atomic E-state index is 0.0135. The van der Waals surface area contributed by atoms with Crippen LogP contribution in [0.5, 0.6) is 5.75 Å². The smallest absolute Gasteiger partial charge is 0.225 e. The third-order valence-electron chi connectivity index (χ3n) is 1.88. The van der Waals surface area contributed by atoms with Gasteiger partial charge >= 0.3 is 0 Å². The Morgan fingerprint density at radius 3 is 2.25 bits per heavy atom. The highest BCUT2D eigenvalue weighted by molar-refractivity contribution is 6.32. The van der Waals surface area contributed by atoms with Crippen molar-refractivity contribution in [1.82, 2.24) is 15.0 Å². The maximum absolute atomic E-state index is 9.27. The first-order chi connectivity index (χ1) is 7.56. The summed E-state index contributed by atoms with van der Waals surface area (Å²) < 4.78 is 0. The van der Waals surface area contributed by atoms with Crippen molar-refractivity contribution in [2.45, 2.75) is 0 Å². The molecule has 0 fully saturated rings. The van der Waals surface area contributed by atoms with E-state index in [1.54, 1.807) is 6.07 Å². The number of phenols is 1. The number of nitrogens with zero attached hydrogens (tertiary/aromatic N) is 3. The van der Waals surface area contributed by atoms with Crippen molar-refractivity contribution in [2.75, 3.05) is 11.5 Å². The number of aromatic nitrogens is 3. The fraction of sp³-hybridized carbons (Fsp3) is 0. The Kier molecular flexibility index (Phi) is 2.49. The van der Waals surface area contributed by atoms with Gasteiger partial charge in [-0.15, -0.1) is 0 Å². The zero-order chi connectivity index (χ0) is 11.7. The Labute approximate surface area is 95.9 Å². The van der Waals surface area contributed by atoms with Gasteiger partial charge in [0.15, 0.2) is 5.82 Å². The molecule has 0 saturated heterocycles. The molecule has 0 saturated carbocycles. The fourth-order valence-corrected chi connectivity index (χ4v) is 1.36. The van der Waals surface area contributed by atoms with Gasteiger partial charge in [-0.2, -0.15) is 15.0 Å². The van der Waals surface area contributed by atoms with Crippen LogP contribution >= 0.6 is 11.6 Å². The quantitative estimate of drug-likeness (QED) is 0.684. The number of benzene rings is 1. The summed E-state index contributed by atoms with van der Waals surface area (Å²) in [7, 11) is 0. The molecule has 0 radical (unpaired) electrons. The van der Waals surface area contributed by atoms with Crippen molar-refractivity contribution in [3.8, 4) is 17.1 Å². The lowest BCUT2D eigenvalue weighted by atomic mass is 10.2. The zero-order valence-electron chi connectivity index (χ0n) is 8.05. The summed E-state index contributed by atoms with van der Waals surface area (Å²) in [5, 5.41) is 9.47. The second kappa shape index (κ2) is 3.82. The van der Waals surface area contributed by atoms with E-state index in [0.29, 0.717) is 11.4 Å². The highest BCUT2D eigenvalue weighted by atomic mass is 35.5. The largest absolute Gasteiger partial charge is 0.506 e. The number of halogens is 1. The first-order valence-electron chi connectivity index (χ1n) is 4.32. The van der Waals surface area contributed by atoms with E-state index in [-0.39, 0.29) is 22.7 Å². The van der Waals surface area contributed by atoms with Gasteiger partial charge in [-0.3, -0.25) is 0 Å². The molecule has 0 aliphatic rings. The van der Waals surface area contributed by atoms with Gasteiger partial charge in [-0.05, 0) is 18.2 Å². The van der Waals surface area contributed by atoms with Gasteiger partial charge in [0.25, 0.3) is 0 Å². The van der Waals surface area contributed by atoms with Crippen molar-refractivity contribution >= 4 is 23.5 Å². The van der Waals surface area contributed by atoms with Crippen LogP contribution in [-0.2, 0) is 0 Å².